The molecule has 1 rings (SSSR count). The maximum Gasteiger partial charge on any atom is 0.347 e. The van der Waals surface area contributed by atoms with Gasteiger partial charge in [0.25, 0.3) is 0 Å². The van der Waals surface area contributed by atoms with E-state index >= 15 is 0 Å². The van der Waals surface area contributed by atoms with Crippen molar-refractivity contribution in [1.82, 2.24) is 0 Å². The van der Waals surface area contributed by atoms with E-state index < -0.39 is 0 Å². The summed E-state index contributed by atoms with van der Waals surface area (Å²) in [4.78, 5) is 10.3. The fraction of sp³-hybridized carbons (Fsp3) is 0.556. The lowest BCUT2D eigenvalue weighted by molar-refractivity contribution is -0.379. The second kappa shape index (κ2) is 3.96. The van der Waals surface area contributed by atoms with E-state index in [9.17, 15) is 10.1 Å². The lowest BCUT2D eigenvalue weighted by atomic mass is 10.0. The average molecular weight is 214 g/mol. The highest BCUT2D eigenvalue weighted by Gasteiger charge is 2.21. The summed E-state index contributed by atoms with van der Waals surface area (Å²) >= 11 is 1.15. The molecule has 0 fully saturated rings. The van der Waals surface area contributed by atoms with E-state index in [4.69, 9.17) is 0 Å². The molecule has 0 saturated heterocycles. The molecule has 0 atom stereocenters. The molecule has 0 radical (unpaired) electrons. The van der Waals surface area contributed by atoms with Gasteiger partial charge in [-0.05, 0) is 31.7 Å². The van der Waals surface area contributed by atoms with Gasteiger partial charge in [0.15, 0.2) is 0 Å². The fourth-order valence-electron chi connectivity index (χ4n) is 0.991. The van der Waals surface area contributed by atoms with Gasteiger partial charge < -0.3 is 5.32 Å². The van der Waals surface area contributed by atoms with E-state index in [1.54, 1.807) is 11.4 Å². The number of anilines is 1. The van der Waals surface area contributed by atoms with Crippen molar-refractivity contribution in [3.05, 3.63) is 21.6 Å². The van der Waals surface area contributed by atoms with Gasteiger partial charge in [-0.25, -0.2) is 0 Å². The van der Waals surface area contributed by atoms with Crippen LogP contribution in [0.1, 0.15) is 27.2 Å². The van der Waals surface area contributed by atoms with E-state index in [0.29, 0.717) is 5.69 Å². The van der Waals surface area contributed by atoms with Crippen molar-refractivity contribution in [3.63, 3.8) is 0 Å². The molecule has 0 aliphatic carbocycles. The van der Waals surface area contributed by atoms with E-state index in [0.717, 1.165) is 17.8 Å². The summed E-state index contributed by atoms with van der Waals surface area (Å²) in [7, 11) is 0. The van der Waals surface area contributed by atoms with Crippen molar-refractivity contribution in [2.24, 2.45) is 0 Å². The van der Waals surface area contributed by atoms with Crippen LogP contribution < -0.4 is 5.32 Å². The Labute approximate surface area is 87.1 Å². The molecule has 0 aliphatic rings. The molecule has 1 aromatic rings. The average Bonchev–Trinajstić information content (AvgIpc) is 2.51. The predicted octanol–water partition coefficient (Wildman–Crippen LogP) is 3.26. The van der Waals surface area contributed by atoms with Gasteiger partial charge in [-0.1, -0.05) is 18.3 Å². The molecule has 1 aromatic heterocycles. The number of nitro groups is 1. The van der Waals surface area contributed by atoms with E-state index in [2.05, 4.69) is 5.32 Å². The largest absolute Gasteiger partial charge is 0.374 e. The smallest absolute Gasteiger partial charge is 0.347 e. The van der Waals surface area contributed by atoms with Gasteiger partial charge in [0.2, 0.25) is 0 Å². The number of rotatable bonds is 4. The molecule has 78 valence electrons. The molecule has 0 aromatic carbocycles. The van der Waals surface area contributed by atoms with Crippen molar-refractivity contribution < 1.29 is 4.92 Å². The molecule has 1 heterocycles. The van der Waals surface area contributed by atoms with Gasteiger partial charge in [-0.15, -0.1) is 0 Å². The predicted molar refractivity (Wildman–Crippen MR) is 59.0 cm³/mol. The molecule has 0 unspecified atom stereocenters. The summed E-state index contributed by atoms with van der Waals surface area (Å²) < 4.78 is 0. The Hall–Kier alpha value is -1.10. The first-order valence-electron chi connectivity index (χ1n) is 4.46. The molecule has 4 nitrogen and oxygen atoms in total. The highest BCUT2D eigenvalue weighted by atomic mass is 32.1. The molecule has 1 N–H and O–H groups in total. The first-order valence-corrected chi connectivity index (χ1v) is 5.34. The molecule has 5 heteroatoms. The zero-order chi connectivity index (χ0) is 10.8. The lowest BCUT2D eigenvalue weighted by Gasteiger charge is -2.24. The van der Waals surface area contributed by atoms with Gasteiger partial charge in [0.1, 0.15) is 5.69 Å². The summed E-state index contributed by atoms with van der Waals surface area (Å²) in [6.07, 6.45) is 0.917. The van der Waals surface area contributed by atoms with Crippen molar-refractivity contribution in [3.8, 4) is 0 Å². The van der Waals surface area contributed by atoms with Crippen LogP contribution in [0.5, 0.6) is 0 Å². The van der Waals surface area contributed by atoms with E-state index in [1.807, 2.05) is 20.8 Å². The number of hydrogen-bond acceptors (Lipinski definition) is 4. The van der Waals surface area contributed by atoms with E-state index in [1.165, 1.54) is 0 Å². The van der Waals surface area contributed by atoms with Crippen molar-refractivity contribution >= 4 is 22.0 Å². The monoisotopic (exact) mass is 214 g/mol. The Balaban J connectivity index is 2.86. The van der Waals surface area contributed by atoms with Crippen LogP contribution in [0.2, 0.25) is 0 Å². The quantitative estimate of drug-likeness (QED) is 0.618. The maximum atomic E-state index is 10.6. The molecular weight excluding hydrogens is 200 g/mol. The highest BCUT2D eigenvalue weighted by Crippen LogP contribution is 2.33. The molecular formula is C9H14N2O2S. The van der Waals surface area contributed by atoms with Crippen LogP contribution in [0.4, 0.5) is 10.7 Å². The Morgan fingerprint density at radius 2 is 2.29 bits per heavy atom. The summed E-state index contributed by atoms with van der Waals surface area (Å²) in [6.45, 7) is 6.09. The minimum Gasteiger partial charge on any atom is -0.374 e. The number of hydrogen-bond donors (Lipinski definition) is 1. The normalized spacial score (nSPS) is 11.4. The Morgan fingerprint density at radius 1 is 1.64 bits per heavy atom. The van der Waals surface area contributed by atoms with Gasteiger partial charge in [0.05, 0.1) is 4.92 Å². The van der Waals surface area contributed by atoms with Gasteiger partial charge in [0, 0.05) is 5.54 Å². The summed E-state index contributed by atoms with van der Waals surface area (Å²) in [5.74, 6) is 0. The van der Waals surface area contributed by atoms with Crippen LogP contribution in [-0.2, 0) is 0 Å². The zero-order valence-electron chi connectivity index (χ0n) is 8.53. The Bertz CT molecular complexity index is 333. The summed E-state index contributed by atoms with van der Waals surface area (Å²) in [5, 5.41) is 15.7. The van der Waals surface area contributed by atoms with Gasteiger partial charge in [-0.2, -0.15) is 0 Å². The topological polar surface area (TPSA) is 55.2 Å². The summed E-state index contributed by atoms with van der Waals surface area (Å²) in [5.41, 5.74) is 0.512. The van der Waals surface area contributed by atoms with Gasteiger partial charge in [-0.3, -0.25) is 10.1 Å². The summed E-state index contributed by atoms with van der Waals surface area (Å²) in [6, 6.07) is 1.75. The molecule has 0 spiro atoms. The molecule has 0 bridgehead atoms. The lowest BCUT2D eigenvalue weighted by Crippen LogP contribution is -2.29. The second-order valence-corrected chi connectivity index (χ2v) is 4.65. The van der Waals surface area contributed by atoms with Crippen LogP contribution in [0.15, 0.2) is 11.4 Å². The molecule has 14 heavy (non-hydrogen) atoms. The Kier molecular flexibility index (Phi) is 3.10. The minimum absolute atomic E-state index is 0.105. The SMILES string of the molecule is CCC(C)(C)Nc1ccsc1[N+](=O)[O-]. The third-order valence-corrected chi connectivity index (χ3v) is 3.03. The fourth-order valence-corrected chi connectivity index (χ4v) is 1.66. The van der Waals surface area contributed by atoms with Crippen LogP contribution >= 0.6 is 11.3 Å². The van der Waals surface area contributed by atoms with Crippen molar-refractivity contribution in [2.75, 3.05) is 5.32 Å². The molecule has 0 amide bonds. The van der Waals surface area contributed by atoms with Crippen LogP contribution in [-0.4, -0.2) is 10.5 Å². The molecule has 0 aliphatic heterocycles. The maximum absolute atomic E-state index is 10.6. The first-order chi connectivity index (χ1) is 6.46. The highest BCUT2D eigenvalue weighted by molar-refractivity contribution is 7.14. The van der Waals surface area contributed by atoms with Crippen LogP contribution in [0.25, 0.3) is 0 Å². The third kappa shape index (κ3) is 2.45. The van der Waals surface area contributed by atoms with Crippen molar-refractivity contribution in [2.45, 2.75) is 32.7 Å². The zero-order valence-corrected chi connectivity index (χ0v) is 9.35. The number of thiophene rings is 1. The Morgan fingerprint density at radius 3 is 2.79 bits per heavy atom. The third-order valence-electron chi connectivity index (χ3n) is 2.17. The van der Waals surface area contributed by atoms with E-state index in [-0.39, 0.29) is 15.5 Å². The van der Waals surface area contributed by atoms with Crippen LogP contribution in [0, 0.1) is 10.1 Å². The number of nitrogens with one attached hydrogen (secondary N) is 1. The first kappa shape index (κ1) is 11.0. The second-order valence-electron chi connectivity index (χ2n) is 3.76. The molecule has 0 saturated carbocycles. The number of nitrogens with zero attached hydrogens (tertiary/aromatic N) is 1. The van der Waals surface area contributed by atoms with Crippen LogP contribution in [0.3, 0.4) is 0 Å². The standard InChI is InChI=1S/C9H14N2O2S/c1-4-9(2,3)10-7-5-6-14-8(7)11(12)13/h5-6,10H,4H2,1-3H3. The minimum atomic E-state index is -0.348. The van der Waals surface area contributed by atoms with Crippen molar-refractivity contribution in [1.29, 1.82) is 0 Å². The van der Waals surface area contributed by atoms with Gasteiger partial charge >= 0.3 is 5.00 Å².